The zero-order valence-corrected chi connectivity index (χ0v) is 12.5. The van der Waals surface area contributed by atoms with Crippen LogP contribution in [0, 0.1) is 11.7 Å². The maximum absolute atomic E-state index is 13.8. The SMILES string of the molecule is Fc1cc(Br)cnc1N1CCC(NCC2CC2)CC1. The molecule has 0 aromatic carbocycles. The van der Waals surface area contributed by atoms with Gasteiger partial charge in [-0.1, -0.05) is 0 Å². The number of rotatable bonds is 4. The first kappa shape index (κ1) is 13.3. The molecule has 1 aliphatic heterocycles. The molecule has 1 aromatic heterocycles. The van der Waals surface area contributed by atoms with Gasteiger partial charge in [0.1, 0.15) is 0 Å². The summed E-state index contributed by atoms with van der Waals surface area (Å²) in [4.78, 5) is 6.25. The third kappa shape index (κ3) is 3.45. The smallest absolute Gasteiger partial charge is 0.166 e. The van der Waals surface area contributed by atoms with Crippen molar-refractivity contribution in [1.29, 1.82) is 0 Å². The molecule has 3 nitrogen and oxygen atoms in total. The second-order valence-electron chi connectivity index (χ2n) is 5.57. The van der Waals surface area contributed by atoms with Gasteiger partial charge in [-0.05, 0) is 60.1 Å². The highest BCUT2D eigenvalue weighted by Gasteiger charge is 2.25. The maximum Gasteiger partial charge on any atom is 0.166 e. The van der Waals surface area contributed by atoms with Crippen molar-refractivity contribution in [3.63, 3.8) is 0 Å². The number of aromatic nitrogens is 1. The Balaban J connectivity index is 1.53. The summed E-state index contributed by atoms with van der Waals surface area (Å²) < 4.78 is 14.5. The monoisotopic (exact) mass is 327 g/mol. The summed E-state index contributed by atoms with van der Waals surface area (Å²) >= 11 is 3.24. The molecule has 2 aliphatic rings. The zero-order valence-electron chi connectivity index (χ0n) is 10.9. The predicted molar refractivity (Wildman–Crippen MR) is 77.9 cm³/mol. The van der Waals surface area contributed by atoms with E-state index in [4.69, 9.17) is 0 Å². The Bertz CT molecular complexity index is 442. The zero-order chi connectivity index (χ0) is 13.2. The summed E-state index contributed by atoms with van der Waals surface area (Å²) in [5.41, 5.74) is 0. The minimum Gasteiger partial charge on any atom is -0.354 e. The molecular formula is C14H19BrFN3. The number of nitrogens with zero attached hydrogens (tertiary/aromatic N) is 2. The van der Waals surface area contributed by atoms with Crippen LogP contribution in [0.3, 0.4) is 0 Å². The second-order valence-corrected chi connectivity index (χ2v) is 6.49. The molecular weight excluding hydrogens is 309 g/mol. The minimum absolute atomic E-state index is 0.237. The van der Waals surface area contributed by atoms with Crippen LogP contribution in [0.2, 0.25) is 0 Å². The lowest BCUT2D eigenvalue weighted by Gasteiger charge is -2.33. The first-order valence-electron chi connectivity index (χ1n) is 7.02. The van der Waals surface area contributed by atoms with E-state index >= 15 is 0 Å². The molecule has 0 radical (unpaired) electrons. The van der Waals surface area contributed by atoms with Gasteiger partial charge in [0.05, 0.1) is 0 Å². The largest absolute Gasteiger partial charge is 0.354 e. The molecule has 3 rings (SSSR count). The molecule has 2 heterocycles. The maximum atomic E-state index is 13.8. The topological polar surface area (TPSA) is 28.2 Å². The van der Waals surface area contributed by atoms with Gasteiger partial charge in [-0.15, -0.1) is 0 Å². The van der Waals surface area contributed by atoms with Crippen LogP contribution in [-0.2, 0) is 0 Å². The highest BCUT2D eigenvalue weighted by molar-refractivity contribution is 9.10. The lowest BCUT2D eigenvalue weighted by Crippen LogP contribution is -2.43. The number of nitrogens with one attached hydrogen (secondary N) is 1. The molecule has 0 amide bonds. The highest BCUT2D eigenvalue weighted by Crippen LogP contribution is 2.28. The van der Waals surface area contributed by atoms with Crippen molar-refractivity contribution in [3.05, 3.63) is 22.6 Å². The second kappa shape index (κ2) is 5.75. The molecule has 0 unspecified atom stereocenters. The van der Waals surface area contributed by atoms with Crippen molar-refractivity contribution >= 4 is 21.7 Å². The van der Waals surface area contributed by atoms with Crippen molar-refractivity contribution in [1.82, 2.24) is 10.3 Å². The fraction of sp³-hybridized carbons (Fsp3) is 0.643. The average Bonchev–Trinajstić information content (AvgIpc) is 3.21. The Hall–Kier alpha value is -0.680. The standard InChI is InChI=1S/C14H19BrFN3/c15-11-7-13(16)14(18-9-11)19-5-3-12(4-6-19)17-8-10-1-2-10/h7,9-10,12,17H,1-6,8H2. The van der Waals surface area contributed by atoms with Crippen LogP contribution in [0.25, 0.3) is 0 Å². The molecule has 1 aliphatic carbocycles. The third-order valence-corrected chi connectivity index (χ3v) is 4.41. The van der Waals surface area contributed by atoms with Crippen LogP contribution >= 0.6 is 15.9 Å². The fourth-order valence-electron chi connectivity index (χ4n) is 2.59. The van der Waals surface area contributed by atoms with E-state index in [1.54, 1.807) is 6.20 Å². The number of halogens is 2. The molecule has 0 atom stereocenters. The number of pyridine rings is 1. The summed E-state index contributed by atoms with van der Waals surface area (Å²) in [6.07, 6.45) is 6.59. The summed E-state index contributed by atoms with van der Waals surface area (Å²) in [5, 5.41) is 3.63. The molecule has 1 saturated heterocycles. The van der Waals surface area contributed by atoms with Gasteiger partial charge in [-0.3, -0.25) is 0 Å². The Labute approximate surface area is 121 Å². The summed E-state index contributed by atoms with van der Waals surface area (Å²) in [6.45, 7) is 2.93. The van der Waals surface area contributed by atoms with Gasteiger partial charge in [0.15, 0.2) is 11.6 Å². The predicted octanol–water partition coefficient (Wildman–Crippen LogP) is 2.95. The van der Waals surface area contributed by atoms with E-state index in [2.05, 4.69) is 31.1 Å². The number of piperidine rings is 1. The van der Waals surface area contributed by atoms with E-state index < -0.39 is 0 Å². The number of anilines is 1. The van der Waals surface area contributed by atoms with E-state index in [0.717, 1.165) is 38.4 Å². The molecule has 1 N–H and O–H groups in total. The van der Waals surface area contributed by atoms with Crippen LogP contribution < -0.4 is 10.2 Å². The summed E-state index contributed by atoms with van der Waals surface area (Å²) in [7, 11) is 0. The van der Waals surface area contributed by atoms with Gasteiger partial charge in [0, 0.05) is 29.8 Å². The molecule has 0 spiro atoms. The molecule has 19 heavy (non-hydrogen) atoms. The lowest BCUT2D eigenvalue weighted by molar-refractivity contribution is 0.405. The molecule has 0 bridgehead atoms. The molecule has 5 heteroatoms. The Morgan fingerprint density at radius 2 is 2.05 bits per heavy atom. The fourth-order valence-corrected chi connectivity index (χ4v) is 2.89. The molecule has 104 valence electrons. The van der Waals surface area contributed by atoms with Gasteiger partial charge in [-0.25, -0.2) is 9.37 Å². The lowest BCUT2D eigenvalue weighted by atomic mass is 10.0. The average molecular weight is 328 g/mol. The summed E-state index contributed by atoms with van der Waals surface area (Å²) in [6, 6.07) is 2.08. The van der Waals surface area contributed by atoms with Gasteiger partial charge in [0.2, 0.25) is 0 Å². The quantitative estimate of drug-likeness (QED) is 0.921. The van der Waals surface area contributed by atoms with Crippen molar-refractivity contribution in [3.8, 4) is 0 Å². The number of hydrogen-bond acceptors (Lipinski definition) is 3. The van der Waals surface area contributed by atoms with Crippen molar-refractivity contribution in [2.24, 2.45) is 5.92 Å². The Morgan fingerprint density at radius 3 is 2.68 bits per heavy atom. The summed E-state index contributed by atoms with van der Waals surface area (Å²) in [5.74, 6) is 1.17. The minimum atomic E-state index is -0.237. The molecule has 2 fully saturated rings. The van der Waals surface area contributed by atoms with Crippen LogP contribution in [0.15, 0.2) is 16.7 Å². The third-order valence-electron chi connectivity index (χ3n) is 3.98. The highest BCUT2D eigenvalue weighted by atomic mass is 79.9. The first-order chi connectivity index (χ1) is 9.22. The Morgan fingerprint density at radius 1 is 1.32 bits per heavy atom. The van der Waals surface area contributed by atoms with Crippen molar-refractivity contribution < 1.29 is 4.39 Å². The van der Waals surface area contributed by atoms with Crippen molar-refractivity contribution in [2.45, 2.75) is 31.7 Å². The van der Waals surface area contributed by atoms with E-state index in [-0.39, 0.29) is 5.82 Å². The van der Waals surface area contributed by atoms with Gasteiger partial charge >= 0.3 is 0 Å². The van der Waals surface area contributed by atoms with Gasteiger partial charge in [-0.2, -0.15) is 0 Å². The van der Waals surface area contributed by atoms with Crippen LogP contribution in [0.4, 0.5) is 10.2 Å². The molecule has 1 saturated carbocycles. The van der Waals surface area contributed by atoms with E-state index in [0.29, 0.717) is 16.3 Å². The molecule has 1 aromatic rings. The van der Waals surface area contributed by atoms with Gasteiger partial charge in [0.25, 0.3) is 0 Å². The van der Waals surface area contributed by atoms with Crippen LogP contribution in [0.1, 0.15) is 25.7 Å². The van der Waals surface area contributed by atoms with E-state index in [1.165, 1.54) is 18.9 Å². The van der Waals surface area contributed by atoms with Crippen molar-refractivity contribution in [2.75, 3.05) is 24.5 Å². The van der Waals surface area contributed by atoms with Gasteiger partial charge < -0.3 is 10.2 Å². The Kier molecular flexibility index (Phi) is 4.03. The van der Waals surface area contributed by atoms with Crippen LogP contribution in [0.5, 0.6) is 0 Å². The van der Waals surface area contributed by atoms with Crippen LogP contribution in [-0.4, -0.2) is 30.7 Å². The van der Waals surface area contributed by atoms with E-state index in [1.807, 2.05) is 0 Å². The first-order valence-corrected chi connectivity index (χ1v) is 7.81. The van der Waals surface area contributed by atoms with E-state index in [9.17, 15) is 4.39 Å². The number of hydrogen-bond donors (Lipinski definition) is 1. The normalized spacial score (nSPS) is 20.8.